The number of piperidine rings is 1. The maximum atomic E-state index is 14.3. The number of fused-ring (bicyclic) bond motifs is 1. The molecule has 2 aromatic rings. The molecule has 0 aliphatic carbocycles. The number of hydrogen-bond donors (Lipinski definition) is 0. The lowest BCUT2D eigenvalue weighted by molar-refractivity contribution is -0.151. The van der Waals surface area contributed by atoms with E-state index in [-0.39, 0.29) is 30.2 Å². The van der Waals surface area contributed by atoms with Gasteiger partial charge in [0, 0.05) is 25.7 Å². The molecular weight excluding hydrogens is 476 g/mol. The van der Waals surface area contributed by atoms with Crippen LogP contribution in [-0.4, -0.2) is 75.7 Å². The second kappa shape index (κ2) is 11.1. The molecule has 198 valence electrons. The fourth-order valence-corrected chi connectivity index (χ4v) is 5.36. The van der Waals surface area contributed by atoms with Crippen LogP contribution in [0.5, 0.6) is 17.2 Å². The lowest BCUT2D eigenvalue weighted by atomic mass is 9.78. The molecule has 4 rings (SSSR count). The molecule has 0 unspecified atom stereocenters. The van der Waals surface area contributed by atoms with Crippen molar-refractivity contribution in [3.63, 3.8) is 0 Å². The van der Waals surface area contributed by atoms with Gasteiger partial charge in [-0.25, -0.2) is 0 Å². The van der Waals surface area contributed by atoms with Crippen molar-refractivity contribution in [3.8, 4) is 17.2 Å². The van der Waals surface area contributed by atoms with Crippen LogP contribution in [0.1, 0.15) is 53.2 Å². The Morgan fingerprint density at radius 2 is 1.68 bits per heavy atom. The van der Waals surface area contributed by atoms with Crippen molar-refractivity contribution in [2.75, 3.05) is 48.1 Å². The van der Waals surface area contributed by atoms with Gasteiger partial charge in [-0.15, -0.1) is 0 Å². The SMILES string of the molecule is CCOC(=O)[C@@H]1CCCN(C(=O)[C@H]2c3cc(OC)c(OC)cc3C(=O)N(C)[C@H]2c2ccc(OC)cc2)C1. The molecule has 2 heterocycles. The molecule has 2 aromatic carbocycles. The number of nitrogens with zero attached hydrogens (tertiary/aromatic N) is 2. The average molecular weight is 511 g/mol. The van der Waals surface area contributed by atoms with Crippen LogP contribution in [0.25, 0.3) is 0 Å². The van der Waals surface area contributed by atoms with Gasteiger partial charge >= 0.3 is 5.97 Å². The van der Waals surface area contributed by atoms with Crippen molar-refractivity contribution in [3.05, 3.63) is 53.1 Å². The van der Waals surface area contributed by atoms with E-state index in [1.165, 1.54) is 14.2 Å². The van der Waals surface area contributed by atoms with Crippen molar-refractivity contribution >= 4 is 17.8 Å². The molecule has 0 N–H and O–H groups in total. The second-order valence-electron chi connectivity index (χ2n) is 9.28. The summed E-state index contributed by atoms with van der Waals surface area (Å²) >= 11 is 0. The summed E-state index contributed by atoms with van der Waals surface area (Å²) < 4.78 is 21.5. The van der Waals surface area contributed by atoms with E-state index in [4.69, 9.17) is 18.9 Å². The van der Waals surface area contributed by atoms with Crippen LogP contribution in [0.3, 0.4) is 0 Å². The summed E-state index contributed by atoms with van der Waals surface area (Å²) in [6.07, 6.45) is 1.37. The number of amides is 2. The van der Waals surface area contributed by atoms with E-state index in [0.29, 0.717) is 54.4 Å². The number of likely N-dealkylation sites (tertiary alicyclic amines) is 1. The molecule has 9 heteroatoms. The van der Waals surface area contributed by atoms with E-state index in [2.05, 4.69) is 0 Å². The van der Waals surface area contributed by atoms with Gasteiger partial charge in [-0.05, 0) is 55.2 Å². The normalized spacial score (nSPS) is 21.2. The maximum Gasteiger partial charge on any atom is 0.310 e. The zero-order chi connectivity index (χ0) is 26.7. The van der Waals surface area contributed by atoms with Crippen LogP contribution in [0, 0.1) is 5.92 Å². The number of esters is 1. The molecule has 2 aliphatic rings. The molecule has 2 amide bonds. The Morgan fingerprint density at radius 1 is 1.00 bits per heavy atom. The quantitative estimate of drug-likeness (QED) is 0.527. The van der Waals surface area contributed by atoms with Gasteiger partial charge in [-0.3, -0.25) is 14.4 Å². The third-order valence-electron chi connectivity index (χ3n) is 7.25. The smallest absolute Gasteiger partial charge is 0.310 e. The van der Waals surface area contributed by atoms with Gasteiger partial charge in [0.15, 0.2) is 11.5 Å². The minimum atomic E-state index is -0.716. The Kier molecular flexibility index (Phi) is 7.90. The first-order chi connectivity index (χ1) is 17.8. The first-order valence-electron chi connectivity index (χ1n) is 12.5. The van der Waals surface area contributed by atoms with Gasteiger partial charge in [0.25, 0.3) is 5.91 Å². The molecule has 2 aliphatic heterocycles. The molecule has 0 bridgehead atoms. The molecule has 0 spiro atoms. The maximum absolute atomic E-state index is 14.3. The number of rotatable bonds is 7. The van der Waals surface area contributed by atoms with Crippen molar-refractivity contribution < 1.29 is 33.3 Å². The van der Waals surface area contributed by atoms with Crippen molar-refractivity contribution in [2.45, 2.75) is 31.7 Å². The lowest BCUT2D eigenvalue weighted by Crippen LogP contribution is -2.50. The summed E-state index contributed by atoms with van der Waals surface area (Å²) in [7, 11) is 6.32. The standard InChI is InChI=1S/C28H34N2O7/c1-6-37-28(33)18-8-7-13-30(16-18)27(32)24-20-14-22(35-4)23(36-5)15-21(20)26(31)29(2)25(24)17-9-11-19(34-3)12-10-17/h9-12,14-15,18,24-25H,6-8,13,16H2,1-5H3/t18-,24+,25+/m1/s1. The fourth-order valence-electron chi connectivity index (χ4n) is 5.36. The number of methoxy groups -OCH3 is 3. The summed E-state index contributed by atoms with van der Waals surface area (Å²) in [5.74, 6) is -0.209. The number of benzene rings is 2. The summed E-state index contributed by atoms with van der Waals surface area (Å²) in [5, 5.41) is 0. The minimum Gasteiger partial charge on any atom is -0.497 e. The second-order valence-corrected chi connectivity index (χ2v) is 9.28. The number of likely N-dealkylation sites (N-methyl/N-ethyl adjacent to an activating group) is 1. The van der Waals surface area contributed by atoms with E-state index in [1.807, 2.05) is 24.3 Å². The van der Waals surface area contributed by atoms with Crippen LogP contribution in [0.2, 0.25) is 0 Å². The fraction of sp³-hybridized carbons (Fsp3) is 0.464. The highest BCUT2D eigenvalue weighted by Crippen LogP contribution is 2.46. The highest BCUT2D eigenvalue weighted by atomic mass is 16.5. The molecule has 0 saturated carbocycles. The Morgan fingerprint density at radius 3 is 2.30 bits per heavy atom. The number of carbonyl (C=O) groups excluding carboxylic acids is 3. The van der Waals surface area contributed by atoms with Crippen molar-refractivity contribution in [2.24, 2.45) is 5.92 Å². The number of hydrogen-bond acceptors (Lipinski definition) is 7. The van der Waals surface area contributed by atoms with Gasteiger partial charge in [-0.1, -0.05) is 12.1 Å². The average Bonchev–Trinajstić information content (AvgIpc) is 2.94. The Bertz CT molecular complexity index is 1160. The molecule has 0 radical (unpaired) electrons. The highest BCUT2D eigenvalue weighted by Gasteiger charge is 2.46. The van der Waals surface area contributed by atoms with Crippen LogP contribution in [0.15, 0.2) is 36.4 Å². The van der Waals surface area contributed by atoms with Gasteiger partial charge in [0.2, 0.25) is 5.91 Å². The predicted octanol–water partition coefficient (Wildman–Crippen LogP) is 3.42. The summed E-state index contributed by atoms with van der Waals surface area (Å²) in [6, 6.07) is 10.2. The molecule has 37 heavy (non-hydrogen) atoms. The number of carbonyl (C=O) groups is 3. The van der Waals surface area contributed by atoms with Gasteiger partial charge in [0.1, 0.15) is 5.75 Å². The Labute approximate surface area is 217 Å². The molecule has 0 aromatic heterocycles. The molecule has 9 nitrogen and oxygen atoms in total. The van der Waals surface area contributed by atoms with E-state index in [0.717, 1.165) is 5.56 Å². The first kappa shape index (κ1) is 26.3. The molecule has 1 saturated heterocycles. The predicted molar refractivity (Wildman–Crippen MR) is 136 cm³/mol. The van der Waals surface area contributed by atoms with E-state index >= 15 is 0 Å². The summed E-state index contributed by atoms with van der Waals surface area (Å²) in [5.41, 5.74) is 1.77. The largest absolute Gasteiger partial charge is 0.497 e. The van der Waals surface area contributed by atoms with Crippen molar-refractivity contribution in [1.29, 1.82) is 0 Å². The van der Waals surface area contributed by atoms with Gasteiger partial charge < -0.3 is 28.7 Å². The molecule has 3 atom stereocenters. The Balaban J connectivity index is 1.81. The third-order valence-corrected chi connectivity index (χ3v) is 7.25. The van der Waals surface area contributed by atoms with Crippen LogP contribution < -0.4 is 14.2 Å². The highest BCUT2D eigenvalue weighted by molar-refractivity contribution is 6.02. The zero-order valence-corrected chi connectivity index (χ0v) is 22.0. The van der Waals surface area contributed by atoms with Crippen LogP contribution >= 0.6 is 0 Å². The summed E-state index contributed by atoms with van der Waals surface area (Å²) in [4.78, 5) is 43.7. The van der Waals surface area contributed by atoms with E-state index < -0.39 is 12.0 Å². The zero-order valence-electron chi connectivity index (χ0n) is 22.0. The third kappa shape index (κ3) is 4.95. The molecule has 1 fully saturated rings. The summed E-state index contributed by atoms with van der Waals surface area (Å²) in [6.45, 7) is 2.88. The van der Waals surface area contributed by atoms with Crippen LogP contribution in [0.4, 0.5) is 0 Å². The van der Waals surface area contributed by atoms with Crippen molar-refractivity contribution in [1.82, 2.24) is 9.80 Å². The van der Waals surface area contributed by atoms with Crippen LogP contribution in [-0.2, 0) is 14.3 Å². The number of ether oxygens (including phenoxy) is 4. The van der Waals surface area contributed by atoms with Gasteiger partial charge in [0.05, 0.1) is 45.8 Å². The topological polar surface area (TPSA) is 94.6 Å². The first-order valence-corrected chi connectivity index (χ1v) is 12.5. The van der Waals surface area contributed by atoms with Gasteiger partial charge in [-0.2, -0.15) is 0 Å². The Hall–Kier alpha value is -3.75. The van der Waals surface area contributed by atoms with E-state index in [9.17, 15) is 14.4 Å². The minimum absolute atomic E-state index is 0.150. The van der Waals surface area contributed by atoms with E-state index in [1.54, 1.807) is 43.0 Å². The lowest BCUT2D eigenvalue weighted by Gasteiger charge is -2.43. The monoisotopic (exact) mass is 510 g/mol. The molecular formula is C28H34N2O7.